The fourth-order valence-corrected chi connectivity index (χ4v) is 4.58. The fourth-order valence-electron chi connectivity index (χ4n) is 4.32. The molecule has 0 aromatic heterocycles. The Morgan fingerprint density at radius 3 is 2.13 bits per heavy atom. The van der Waals surface area contributed by atoms with E-state index in [9.17, 15) is 4.79 Å². The average molecular weight is 440 g/mol. The number of halogens is 2. The second-order valence-corrected chi connectivity index (χ2v) is 8.24. The Kier molecular flexibility index (Phi) is 4.83. The van der Waals surface area contributed by atoms with E-state index in [2.05, 4.69) is 0 Å². The summed E-state index contributed by atoms with van der Waals surface area (Å²) in [6, 6.07) is 22.4. The maximum Gasteiger partial charge on any atom is 0.267 e. The van der Waals surface area contributed by atoms with Crippen LogP contribution in [0.4, 0.5) is 5.69 Å². The zero-order valence-electron chi connectivity index (χ0n) is 16.2. The Balaban J connectivity index is 1.68. The number of benzene rings is 3. The van der Waals surface area contributed by atoms with E-state index in [0.29, 0.717) is 16.6 Å². The van der Waals surface area contributed by atoms with Crippen LogP contribution in [0, 0.1) is 0 Å². The molecule has 3 aromatic carbocycles. The molecule has 1 fully saturated rings. The summed E-state index contributed by atoms with van der Waals surface area (Å²) in [4.78, 5) is 15.5. The highest BCUT2D eigenvalue weighted by molar-refractivity contribution is 6.30. The molecule has 2 heterocycles. The quantitative estimate of drug-likeness (QED) is 0.498. The number of anilines is 1. The van der Waals surface area contributed by atoms with Crippen molar-refractivity contribution in [1.82, 2.24) is 0 Å². The molecule has 1 spiro atoms. The van der Waals surface area contributed by atoms with E-state index in [1.54, 1.807) is 29.2 Å². The molecule has 0 N–H and O–H groups in total. The summed E-state index contributed by atoms with van der Waals surface area (Å²) in [6.07, 6.45) is -1.34. The van der Waals surface area contributed by atoms with Crippen LogP contribution >= 0.6 is 23.2 Å². The number of hydrogen-bond acceptors (Lipinski definition) is 3. The average Bonchev–Trinajstić information content (AvgIpc) is 3.27. The van der Waals surface area contributed by atoms with Gasteiger partial charge in [-0.15, -0.1) is 0 Å². The highest BCUT2D eigenvalue weighted by Gasteiger charge is 2.63. The topological polar surface area (TPSA) is 38.8 Å². The molecule has 0 aliphatic carbocycles. The maximum atomic E-state index is 13.8. The monoisotopic (exact) mass is 439 g/mol. The lowest BCUT2D eigenvalue weighted by molar-refractivity contribution is -0.146. The Hall–Kier alpha value is -2.37. The predicted octanol–water partition coefficient (Wildman–Crippen LogP) is 6.04. The van der Waals surface area contributed by atoms with Crippen molar-refractivity contribution in [2.75, 3.05) is 11.4 Å². The largest absolute Gasteiger partial charge is 0.336 e. The molecule has 4 nitrogen and oxygen atoms in total. The number of amides is 1. The van der Waals surface area contributed by atoms with Crippen LogP contribution in [0.5, 0.6) is 0 Å². The zero-order chi connectivity index (χ0) is 20.9. The van der Waals surface area contributed by atoms with Crippen LogP contribution in [0.1, 0.15) is 36.0 Å². The molecule has 0 bridgehead atoms. The Morgan fingerprint density at radius 2 is 1.50 bits per heavy atom. The number of fused-ring (bicyclic) bond motifs is 2. The molecule has 0 unspecified atom stereocenters. The Labute approximate surface area is 184 Å². The fraction of sp³-hybridized carbons (Fsp3) is 0.208. The van der Waals surface area contributed by atoms with E-state index in [-0.39, 0.29) is 5.91 Å². The van der Waals surface area contributed by atoms with Crippen molar-refractivity contribution in [1.29, 1.82) is 0 Å². The van der Waals surface area contributed by atoms with Crippen molar-refractivity contribution < 1.29 is 14.3 Å². The van der Waals surface area contributed by atoms with E-state index >= 15 is 0 Å². The van der Waals surface area contributed by atoms with Gasteiger partial charge in [0.15, 0.2) is 6.29 Å². The maximum absolute atomic E-state index is 13.8. The first-order chi connectivity index (χ1) is 14.5. The second-order valence-electron chi connectivity index (χ2n) is 7.37. The first kappa shape index (κ1) is 19.6. The second kappa shape index (κ2) is 7.40. The molecule has 0 saturated carbocycles. The lowest BCUT2D eigenvalue weighted by Crippen LogP contribution is -2.43. The molecule has 30 heavy (non-hydrogen) atoms. The number of likely N-dealkylation sites (N-methyl/N-ethyl adjacent to an activating group) is 1. The van der Waals surface area contributed by atoms with Gasteiger partial charge in [0, 0.05) is 27.7 Å². The van der Waals surface area contributed by atoms with E-state index in [4.69, 9.17) is 32.7 Å². The Bertz CT molecular complexity index is 1100. The minimum atomic E-state index is -1.27. The minimum absolute atomic E-state index is 0.123. The highest BCUT2D eigenvalue weighted by atomic mass is 35.5. The molecule has 1 amide bonds. The van der Waals surface area contributed by atoms with Crippen molar-refractivity contribution >= 4 is 34.8 Å². The Morgan fingerprint density at radius 1 is 0.900 bits per heavy atom. The number of nitrogens with zero attached hydrogens (tertiary/aromatic N) is 1. The minimum Gasteiger partial charge on any atom is -0.336 e. The molecule has 0 radical (unpaired) electrons. The van der Waals surface area contributed by atoms with Gasteiger partial charge in [-0.3, -0.25) is 4.79 Å². The summed E-state index contributed by atoms with van der Waals surface area (Å²) in [6.45, 7) is 2.50. The summed E-state index contributed by atoms with van der Waals surface area (Å²) in [5.41, 5.74) is 2.02. The van der Waals surface area contributed by atoms with Gasteiger partial charge in [-0.05, 0) is 42.8 Å². The lowest BCUT2D eigenvalue weighted by atomic mass is 9.85. The summed E-state index contributed by atoms with van der Waals surface area (Å²) in [5, 5.41) is 1.24. The summed E-state index contributed by atoms with van der Waals surface area (Å²) < 4.78 is 12.9. The number of carbonyl (C=O) groups excluding carboxylic acids is 1. The van der Waals surface area contributed by atoms with Crippen molar-refractivity contribution in [2.24, 2.45) is 0 Å². The van der Waals surface area contributed by atoms with Crippen molar-refractivity contribution in [3.8, 4) is 0 Å². The van der Waals surface area contributed by atoms with E-state index in [0.717, 1.165) is 22.4 Å². The number of rotatable bonds is 3. The molecular weight excluding hydrogens is 421 g/mol. The first-order valence-corrected chi connectivity index (χ1v) is 10.6. The number of para-hydroxylation sites is 1. The third-order valence-electron chi connectivity index (χ3n) is 5.71. The molecule has 3 atom stereocenters. The smallest absolute Gasteiger partial charge is 0.267 e. The highest BCUT2D eigenvalue weighted by Crippen LogP contribution is 2.58. The van der Waals surface area contributed by atoms with Crippen molar-refractivity contribution in [2.45, 2.75) is 24.9 Å². The van der Waals surface area contributed by atoms with Gasteiger partial charge < -0.3 is 14.4 Å². The molecule has 152 valence electrons. The van der Waals surface area contributed by atoms with E-state index in [1.165, 1.54) is 0 Å². The third-order valence-corrected chi connectivity index (χ3v) is 6.21. The van der Waals surface area contributed by atoms with Crippen LogP contribution in [0.2, 0.25) is 10.0 Å². The number of carbonyl (C=O) groups is 1. The van der Waals surface area contributed by atoms with Gasteiger partial charge in [0.2, 0.25) is 5.60 Å². The number of hydrogen-bond donors (Lipinski definition) is 0. The third kappa shape index (κ3) is 2.87. The van der Waals surface area contributed by atoms with Crippen LogP contribution in [-0.4, -0.2) is 12.5 Å². The molecule has 6 heteroatoms. The predicted molar refractivity (Wildman–Crippen MR) is 117 cm³/mol. The molecule has 1 saturated heterocycles. The molecule has 3 aromatic rings. The van der Waals surface area contributed by atoms with Crippen LogP contribution in [0.15, 0.2) is 72.8 Å². The van der Waals surface area contributed by atoms with Gasteiger partial charge in [0.05, 0.1) is 5.69 Å². The van der Waals surface area contributed by atoms with E-state index in [1.807, 2.05) is 55.5 Å². The molecule has 2 aliphatic heterocycles. The van der Waals surface area contributed by atoms with Crippen LogP contribution in [0.3, 0.4) is 0 Å². The molecular formula is C24H19Cl2NO3. The van der Waals surface area contributed by atoms with Crippen molar-refractivity contribution in [3.63, 3.8) is 0 Å². The molecule has 2 aliphatic rings. The van der Waals surface area contributed by atoms with Gasteiger partial charge in [-0.25, -0.2) is 0 Å². The molecule has 5 rings (SSSR count). The summed E-state index contributed by atoms with van der Waals surface area (Å²) in [5.74, 6) is -0.123. The van der Waals surface area contributed by atoms with Gasteiger partial charge in [-0.2, -0.15) is 0 Å². The van der Waals surface area contributed by atoms with Crippen LogP contribution < -0.4 is 4.90 Å². The standard InChI is InChI=1S/C24H19Cl2NO3/c1-2-27-20-6-4-3-5-19(20)24(23(27)28)21(15-7-11-17(25)12-8-15)29-22(30-24)16-9-13-18(26)14-10-16/h3-14,21-22H,2H2,1H3/t21-,22-,24+/m0/s1. The van der Waals surface area contributed by atoms with Gasteiger partial charge in [0.25, 0.3) is 5.91 Å². The van der Waals surface area contributed by atoms with Gasteiger partial charge >= 0.3 is 0 Å². The zero-order valence-corrected chi connectivity index (χ0v) is 17.7. The normalized spacial score (nSPS) is 25.2. The summed E-state index contributed by atoms with van der Waals surface area (Å²) in [7, 11) is 0. The van der Waals surface area contributed by atoms with Crippen LogP contribution in [0.25, 0.3) is 0 Å². The van der Waals surface area contributed by atoms with E-state index < -0.39 is 18.0 Å². The van der Waals surface area contributed by atoms with Gasteiger partial charge in [0.1, 0.15) is 6.10 Å². The lowest BCUT2D eigenvalue weighted by Gasteiger charge is -2.28. The first-order valence-electron chi connectivity index (χ1n) is 9.80. The SMILES string of the molecule is CCN1C(=O)[C@@]2(O[C@@H](c3ccc(Cl)cc3)O[C@H]2c2ccc(Cl)cc2)c2ccccc21. The van der Waals surface area contributed by atoms with Crippen molar-refractivity contribution in [3.05, 3.63) is 99.5 Å². The van der Waals surface area contributed by atoms with Gasteiger partial charge in [-0.1, -0.05) is 65.7 Å². The summed E-state index contributed by atoms with van der Waals surface area (Å²) >= 11 is 12.2. The number of ether oxygens (including phenoxy) is 2. The van der Waals surface area contributed by atoms with Crippen LogP contribution in [-0.2, 0) is 19.9 Å².